The fourth-order valence-corrected chi connectivity index (χ4v) is 4.32. The zero-order chi connectivity index (χ0) is 21.4. The average molecular weight is 418 g/mol. The van der Waals surface area contributed by atoms with Crippen molar-refractivity contribution < 1.29 is 9.72 Å². The molecule has 2 aromatic carbocycles. The van der Waals surface area contributed by atoms with Crippen molar-refractivity contribution in [2.24, 2.45) is 0 Å². The summed E-state index contributed by atoms with van der Waals surface area (Å²) in [6.45, 7) is 3.21. The Hall–Kier alpha value is -3.75. The van der Waals surface area contributed by atoms with Crippen LogP contribution in [0.3, 0.4) is 0 Å². The van der Waals surface area contributed by atoms with Gasteiger partial charge in [-0.2, -0.15) is 0 Å². The first-order chi connectivity index (χ1) is 15.1. The summed E-state index contributed by atoms with van der Waals surface area (Å²) in [6.07, 6.45) is 1.87. The summed E-state index contributed by atoms with van der Waals surface area (Å²) in [5.74, 6) is 1.40. The van der Waals surface area contributed by atoms with Gasteiger partial charge in [-0.3, -0.25) is 14.9 Å². The lowest BCUT2D eigenvalue weighted by molar-refractivity contribution is -0.385. The molecule has 0 bridgehead atoms. The molecule has 0 spiro atoms. The van der Waals surface area contributed by atoms with Crippen LogP contribution in [-0.2, 0) is 13.1 Å². The summed E-state index contributed by atoms with van der Waals surface area (Å²) in [7, 11) is 0. The van der Waals surface area contributed by atoms with Gasteiger partial charge in [0, 0.05) is 43.5 Å². The smallest absolute Gasteiger partial charge is 0.282 e. The minimum absolute atomic E-state index is 0.146. The van der Waals surface area contributed by atoms with Gasteiger partial charge in [-0.25, -0.2) is 0 Å². The Morgan fingerprint density at radius 2 is 1.74 bits per heavy atom. The molecular formula is C22H22N6O3. The number of hydrogen-bond donors (Lipinski definition) is 0. The first-order valence-corrected chi connectivity index (χ1v) is 10.4. The van der Waals surface area contributed by atoms with E-state index in [2.05, 4.69) is 19.7 Å². The molecule has 1 fully saturated rings. The summed E-state index contributed by atoms with van der Waals surface area (Å²) in [6, 6.07) is 14.7. The number of hydrogen-bond acceptors (Lipinski definition) is 6. The van der Waals surface area contributed by atoms with Crippen molar-refractivity contribution in [2.75, 3.05) is 24.5 Å². The molecule has 3 heterocycles. The molecule has 2 aliphatic rings. The molecule has 5 rings (SSSR count). The first-order valence-electron chi connectivity index (χ1n) is 10.4. The SMILES string of the molecule is O=C(c1cc(N2CCn3c(nnc3-c3ccccc3)C2)ccc1[N+](=O)[O-])N1CCCC1. The molecule has 158 valence electrons. The number of likely N-dealkylation sites (tertiary alicyclic amines) is 1. The van der Waals surface area contributed by atoms with Gasteiger partial charge in [0.25, 0.3) is 11.6 Å². The van der Waals surface area contributed by atoms with Crippen LogP contribution in [0.5, 0.6) is 0 Å². The van der Waals surface area contributed by atoms with Crippen LogP contribution < -0.4 is 4.90 Å². The van der Waals surface area contributed by atoms with Crippen LogP contribution in [0.25, 0.3) is 11.4 Å². The van der Waals surface area contributed by atoms with Crippen molar-refractivity contribution in [1.82, 2.24) is 19.7 Å². The third-order valence-electron chi connectivity index (χ3n) is 5.95. The molecule has 3 aromatic rings. The topological polar surface area (TPSA) is 97.4 Å². The molecule has 2 aliphatic heterocycles. The number of aromatic nitrogens is 3. The number of benzene rings is 2. The van der Waals surface area contributed by atoms with Gasteiger partial charge in [-0.05, 0) is 25.0 Å². The minimum Gasteiger partial charge on any atom is -0.362 e. The van der Waals surface area contributed by atoms with Crippen LogP contribution in [0.1, 0.15) is 29.0 Å². The summed E-state index contributed by atoms with van der Waals surface area (Å²) in [5.41, 5.74) is 1.81. The third kappa shape index (κ3) is 3.52. The van der Waals surface area contributed by atoms with E-state index >= 15 is 0 Å². The monoisotopic (exact) mass is 418 g/mol. The molecule has 31 heavy (non-hydrogen) atoms. The Morgan fingerprint density at radius 3 is 2.48 bits per heavy atom. The van der Waals surface area contributed by atoms with Crippen molar-refractivity contribution in [1.29, 1.82) is 0 Å². The summed E-state index contributed by atoms with van der Waals surface area (Å²) in [4.78, 5) is 27.8. The zero-order valence-corrected chi connectivity index (χ0v) is 17.0. The lowest BCUT2D eigenvalue weighted by Gasteiger charge is -2.30. The molecule has 0 radical (unpaired) electrons. The lowest BCUT2D eigenvalue weighted by atomic mass is 10.1. The highest BCUT2D eigenvalue weighted by Crippen LogP contribution is 2.30. The predicted molar refractivity (Wildman–Crippen MR) is 115 cm³/mol. The van der Waals surface area contributed by atoms with E-state index in [1.54, 1.807) is 17.0 Å². The van der Waals surface area contributed by atoms with Gasteiger partial charge < -0.3 is 14.4 Å². The van der Waals surface area contributed by atoms with Gasteiger partial charge in [0.15, 0.2) is 11.6 Å². The number of amides is 1. The Balaban J connectivity index is 1.44. The van der Waals surface area contributed by atoms with Crippen LogP contribution in [0, 0.1) is 10.1 Å². The molecule has 1 saturated heterocycles. The van der Waals surface area contributed by atoms with E-state index < -0.39 is 4.92 Å². The molecule has 0 aliphatic carbocycles. The Labute approximate surface area is 179 Å². The maximum Gasteiger partial charge on any atom is 0.282 e. The average Bonchev–Trinajstić information content (AvgIpc) is 3.48. The van der Waals surface area contributed by atoms with Crippen molar-refractivity contribution in [3.05, 3.63) is 70.0 Å². The van der Waals surface area contributed by atoms with E-state index in [-0.39, 0.29) is 17.2 Å². The molecule has 9 nitrogen and oxygen atoms in total. The highest BCUT2D eigenvalue weighted by molar-refractivity contribution is 5.99. The highest BCUT2D eigenvalue weighted by Gasteiger charge is 2.29. The Morgan fingerprint density at radius 1 is 0.968 bits per heavy atom. The highest BCUT2D eigenvalue weighted by atomic mass is 16.6. The number of rotatable bonds is 4. The number of carbonyl (C=O) groups excluding carboxylic acids is 1. The van der Waals surface area contributed by atoms with E-state index in [0.29, 0.717) is 32.7 Å². The fraction of sp³-hybridized carbons (Fsp3) is 0.318. The van der Waals surface area contributed by atoms with Gasteiger partial charge in [-0.15, -0.1) is 10.2 Å². The molecule has 0 N–H and O–H groups in total. The molecule has 9 heteroatoms. The predicted octanol–water partition coefficient (Wildman–Crippen LogP) is 3.11. The number of anilines is 1. The van der Waals surface area contributed by atoms with Crippen molar-refractivity contribution >= 4 is 17.3 Å². The van der Waals surface area contributed by atoms with Crippen molar-refractivity contribution in [2.45, 2.75) is 25.9 Å². The van der Waals surface area contributed by atoms with E-state index in [9.17, 15) is 14.9 Å². The van der Waals surface area contributed by atoms with E-state index in [1.165, 1.54) is 6.07 Å². The number of nitrogens with zero attached hydrogens (tertiary/aromatic N) is 6. The third-order valence-corrected chi connectivity index (χ3v) is 5.95. The standard InChI is InChI=1S/C22H22N6O3/c29-22(25-10-4-5-11-25)18-14-17(8-9-19(18)28(30)31)26-12-13-27-20(15-26)23-24-21(27)16-6-2-1-3-7-16/h1-3,6-9,14H,4-5,10-13,15H2. The second-order valence-electron chi connectivity index (χ2n) is 7.84. The zero-order valence-electron chi connectivity index (χ0n) is 17.0. The Kier molecular flexibility index (Phi) is 4.85. The van der Waals surface area contributed by atoms with Crippen LogP contribution >= 0.6 is 0 Å². The minimum atomic E-state index is -0.480. The maximum absolute atomic E-state index is 12.9. The first kappa shape index (κ1) is 19.2. The second-order valence-corrected chi connectivity index (χ2v) is 7.84. The molecule has 0 atom stereocenters. The van der Waals surface area contributed by atoms with Gasteiger partial charge in [0.2, 0.25) is 0 Å². The van der Waals surface area contributed by atoms with Crippen molar-refractivity contribution in [3.8, 4) is 11.4 Å². The van der Waals surface area contributed by atoms with E-state index in [1.807, 2.05) is 30.3 Å². The Bertz CT molecular complexity index is 1140. The van der Waals surface area contributed by atoms with E-state index in [4.69, 9.17) is 0 Å². The quantitative estimate of drug-likeness (QED) is 0.477. The number of fused-ring (bicyclic) bond motifs is 1. The van der Waals surface area contributed by atoms with Gasteiger partial charge in [0.1, 0.15) is 5.56 Å². The molecule has 0 saturated carbocycles. The molecule has 0 unspecified atom stereocenters. The summed E-state index contributed by atoms with van der Waals surface area (Å²) in [5, 5.41) is 20.3. The number of nitro benzene ring substituents is 1. The van der Waals surface area contributed by atoms with Crippen molar-refractivity contribution in [3.63, 3.8) is 0 Å². The largest absolute Gasteiger partial charge is 0.362 e. The summed E-state index contributed by atoms with van der Waals surface area (Å²) >= 11 is 0. The van der Waals surface area contributed by atoms with Crippen LogP contribution in [-0.4, -0.2) is 50.1 Å². The maximum atomic E-state index is 12.9. The molecule has 1 amide bonds. The molecule has 1 aromatic heterocycles. The normalized spacial score (nSPS) is 15.7. The van der Waals surface area contributed by atoms with Gasteiger partial charge >= 0.3 is 0 Å². The molecular weight excluding hydrogens is 396 g/mol. The second kappa shape index (κ2) is 7.82. The number of nitro groups is 1. The fourth-order valence-electron chi connectivity index (χ4n) is 4.32. The number of carbonyl (C=O) groups is 1. The van der Waals surface area contributed by atoms with Gasteiger partial charge in [-0.1, -0.05) is 30.3 Å². The van der Waals surface area contributed by atoms with E-state index in [0.717, 1.165) is 35.7 Å². The summed E-state index contributed by atoms with van der Waals surface area (Å²) < 4.78 is 2.10. The van der Waals surface area contributed by atoms with Crippen LogP contribution in [0.4, 0.5) is 11.4 Å². The van der Waals surface area contributed by atoms with Gasteiger partial charge in [0.05, 0.1) is 11.5 Å². The lowest BCUT2D eigenvalue weighted by Crippen LogP contribution is -2.34. The van der Waals surface area contributed by atoms with Crippen LogP contribution in [0.2, 0.25) is 0 Å². The van der Waals surface area contributed by atoms with Crippen LogP contribution in [0.15, 0.2) is 48.5 Å².